The van der Waals surface area contributed by atoms with Gasteiger partial charge in [0, 0.05) is 5.54 Å². The lowest BCUT2D eigenvalue weighted by atomic mass is 9.88. The second kappa shape index (κ2) is 7.11. The fraction of sp³-hybridized carbons (Fsp3) is 0.812. The fourth-order valence-corrected chi connectivity index (χ4v) is 2.79. The second-order valence-corrected chi connectivity index (χ2v) is 6.69. The molecule has 0 aromatic carbocycles. The number of amides is 4. The highest BCUT2D eigenvalue weighted by Crippen LogP contribution is 2.27. The molecule has 1 aliphatic rings. The van der Waals surface area contributed by atoms with E-state index in [2.05, 4.69) is 10.6 Å². The summed E-state index contributed by atoms with van der Waals surface area (Å²) in [6, 6.07) is -0.462. The first-order chi connectivity index (χ1) is 10.2. The van der Waals surface area contributed by atoms with Crippen LogP contribution in [0, 0.1) is 0 Å². The Morgan fingerprint density at radius 2 is 1.73 bits per heavy atom. The van der Waals surface area contributed by atoms with Crippen LogP contribution in [0.4, 0.5) is 4.79 Å². The molecule has 0 spiro atoms. The summed E-state index contributed by atoms with van der Waals surface area (Å²) >= 11 is 0. The van der Waals surface area contributed by atoms with E-state index in [1.165, 1.54) is 0 Å². The molecule has 6 nitrogen and oxygen atoms in total. The van der Waals surface area contributed by atoms with Gasteiger partial charge >= 0.3 is 6.03 Å². The third kappa shape index (κ3) is 3.99. The molecular formula is C16H29N3O3. The number of urea groups is 1. The van der Waals surface area contributed by atoms with Crippen molar-refractivity contribution in [3.63, 3.8) is 0 Å². The molecule has 1 heterocycles. The summed E-state index contributed by atoms with van der Waals surface area (Å²) in [5.41, 5.74) is -1.18. The van der Waals surface area contributed by atoms with E-state index in [9.17, 15) is 14.4 Å². The van der Waals surface area contributed by atoms with Crippen molar-refractivity contribution in [2.24, 2.45) is 0 Å². The Balaban J connectivity index is 2.82. The number of hydrogen-bond donors (Lipinski definition) is 2. The topological polar surface area (TPSA) is 78.5 Å². The van der Waals surface area contributed by atoms with E-state index in [0.29, 0.717) is 12.8 Å². The Morgan fingerprint density at radius 1 is 1.18 bits per heavy atom. The maximum absolute atomic E-state index is 12.7. The molecular weight excluding hydrogens is 282 g/mol. The molecule has 1 rings (SSSR count). The maximum atomic E-state index is 12.7. The summed E-state index contributed by atoms with van der Waals surface area (Å²) in [6.07, 6.45) is 3.58. The molecule has 0 bridgehead atoms. The summed E-state index contributed by atoms with van der Waals surface area (Å²) in [6.45, 7) is 9.54. The number of carbonyl (C=O) groups is 3. The van der Waals surface area contributed by atoms with Gasteiger partial charge in [-0.3, -0.25) is 14.5 Å². The van der Waals surface area contributed by atoms with Crippen LogP contribution >= 0.6 is 0 Å². The predicted octanol–water partition coefficient (Wildman–Crippen LogP) is 2.18. The quantitative estimate of drug-likeness (QED) is 0.674. The first-order valence-electron chi connectivity index (χ1n) is 8.16. The summed E-state index contributed by atoms with van der Waals surface area (Å²) in [5, 5.41) is 5.66. The molecule has 2 N–H and O–H groups in total. The van der Waals surface area contributed by atoms with E-state index in [1.807, 2.05) is 34.6 Å². The number of imide groups is 1. The second-order valence-electron chi connectivity index (χ2n) is 6.69. The van der Waals surface area contributed by atoms with E-state index in [-0.39, 0.29) is 23.9 Å². The van der Waals surface area contributed by atoms with Crippen LogP contribution in [0.25, 0.3) is 0 Å². The molecule has 0 aromatic rings. The first-order valence-corrected chi connectivity index (χ1v) is 8.16. The number of carbonyl (C=O) groups excluding carboxylic acids is 3. The number of rotatable bonds is 8. The summed E-state index contributed by atoms with van der Waals surface area (Å²) < 4.78 is 0. The Hall–Kier alpha value is -1.59. The van der Waals surface area contributed by atoms with Gasteiger partial charge in [-0.15, -0.1) is 0 Å². The van der Waals surface area contributed by atoms with Gasteiger partial charge in [0.1, 0.15) is 12.1 Å². The van der Waals surface area contributed by atoms with Crippen molar-refractivity contribution < 1.29 is 14.4 Å². The van der Waals surface area contributed by atoms with Crippen molar-refractivity contribution in [2.75, 3.05) is 6.54 Å². The van der Waals surface area contributed by atoms with Crippen LogP contribution in [0.5, 0.6) is 0 Å². The van der Waals surface area contributed by atoms with E-state index >= 15 is 0 Å². The molecule has 0 saturated carbocycles. The third-order valence-corrected chi connectivity index (χ3v) is 4.26. The smallest absolute Gasteiger partial charge is 0.325 e. The van der Waals surface area contributed by atoms with E-state index in [0.717, 1.165) is 24.2 Å². The van der Waals surface area contributed by atoms with Crippen molar-refractivity contribution in [2.45, 2.75) is 77.8 Å². The minimum atomic E-state index is -0.832. The first kappa shape index (κ1) is 18.5. The summed E-state index contributed by atoms with van der Waals surface area (Å²) in [7, 11) is 0. The number of nitrogens with one attached hydrogen (secondary N) is 2. The average molecular weight is 311 g/mol. The van der Waals surface area contributed by atoms with E-state index < -0.39 is 11.6 Å². The summed E-state index contributed by atoms with van der Waals surface area (Å²) in [4.78, 5) is 37.9. The summed E-state index contributed by atoms with van der Waals surface area (Å²) in [5.74, 6) is -0.579. The van der Waals surface area contributed by atoms with E-state index in [4.69, 9.17) is 0 Å². The van der Waals surface area contributed by atoms with Gasteiger partial charge in [0.15, 0.2) is 0 Å². The van der Waals surface area contributed by atoms with Crippen LogP contribution in [0.3, 0.4) is 0 Å². The molecule has 6 heteroatoms. The van der Waals surface area contributed by atoms with E-state index in [1.54, 1.807) is 0 Å². The van der Waals surface area contributed by atoms with Gasteiger partial charge in [-0.25, -0.2) is 4.79 Å². The SMILES string of the molecule is CCCC1(CCC)NC(=O)N(CC(=O)NC(C)(C)CC)C1=O. The Labute approximate surface area is 133 Å². The minimum Gasteiger partial charge on any atom is -0.350 e. The fourth-order valence-electron chi connectivity index (χ4n) is 2.79. The Kier molecular flexibility index (Phi) is 5.97. The van der Waals surface area contributed by atoms with Crippen molar-refractivity contribution >= 4 is 17.8 Å². The van der Waals surface area contributed by atoms with Gasteiger partial charge < -0.3 is 10.6 Å². The van der Waals surface area contributed by atoms with Gasteiger partial charge in [0.2, 0.25) is 5.91 Å². The molecule has 0 atom stereocenters. The molecule has 22 heavy (non-hydrogen) atoms. The van der Waals surface area contributed by atoms with Crippen LogP contribution < -0.4 is 10.6 Å². The van der Waals surface area contributed by atoms with Gasteiger partial charge in [-0.1, -0.05) is 33.6 Å². The lowest BCUT2D eigenvalue weighted by molar-refractivity contribution is -0.135. The van der Waals surface area contributed by atoms with Crippen LogP contribution in [-0.2, 0) is 9.59 Å². The Bertz CT molecular complexity index is 440. The lowest BCUT2D eigenvalue weighted by Gasteiger charge is -2.27. The lowest BCUT2D eigenvalue weighted by Crippen LogP contribution is -2.50. The highest BCUT2D eigenvalue weighted by molar-refractivity contribution is 6.09. The normalized spacial score (nSPS) is 17.6. The molecule has 126 valence electrons. The van der Waals surface area contributed by atoms with Crippen molar-refractivity contribution in [1.29, 1.82) is 0 Å². The Morgan fingerprint density at radius 3 is 2.18 bits per heavy atom. The zero-order valence-electron chi connectivity index (χ0n) is 14.4. The number of nitrogens with zero attached hydrogens (tertiary/aromatic N) is 1. The largest absolute Gasteiger partial charge is 0.350 e. The highest BCUT2D eigenvalue weighted by Gasteiger charge is 2.50. The standard InChI is InChI=1S/C16H29N3O3/c1-6-9-16(10-7-2)13(21)19(14(22)18-16)11-12(20)17-15(4,5)8-3/h6-11H2,1-5H3,(H,17,20)(H,18,22). The maximum Gasteiger partial charge on any atom is 0.325 e. The van der Waals surface area contributed by atoms with Crippen LogP contribution in [-0.4, -0.2) is 40.4 Å². The zero-order chi connectivity index (χ0) is 17.0. The molecule has 0 radical (unpaired) electrons. The average Bonchev–Trinajstić information content (AvgIpc) is 2.64. The highest BCUT2D eigenvalue weighted by atomic mass is 16.2. The predicted molar refractivity (Wildman–Crippen MR) is 85.3 cm³/mol. The number of hydrogen-bond acceptors (Lipinski definition) is 3. The van der Waals surface area contributed by atoms with Gasteiger partial charge in [-0.05, 0) is 33.1 Å². The van der Waals surface area contributed by atoms with Crippen molar-refractivity contribution in [3.05, 3.63) is 0 Å². The van der Waals surface area contributed by atoms with Gasteiger partial charge in [-0.2, -0.15) is 0 Å². The monoisotopic (exact) mass is 311 g/mol. The van der Waals surface area contributed by atoms with Crippen molar-refractivity contribution in [1.82, 2.24) is 15.5 Å². The third-order valence-electron chi connectivity index (χ3n) is 4.26. The van der Waals surface area contributed by atoms with Crippen LogP contribution in [0.2, 0.25) is 0 Å². The van der Waals surface area contributed by atoms with Gasteiger partial charge in [0.05, 0.1) is 0 Å². The molecule has 0 aromatic heterocycles. The zero-order valence-corrected chi connectivity index (χ0v) is 14.4. The van der Waals surface area contributed by atoms with Crippen LogP contribution in [0.1, 0.15) is 66.7 Å². The van der Waals surface area contributed by atoms with Crippen molar-refractivity contribution in [3.8, 4) is 0 Å². The molecule has 1 aliphatic heterocycles. The molecule has 0 aliphatic carbocycles. The minimum absolute atomic E-state index is 0.219. The molecule has 1 fully saturated rings. The molecule has 1 saturated heterocycles. The van der Waals surface area contributed by atoms with Gasteiger partial charge in [0.25, 0.3) is 5.91 Å². The van der Waals surface area contributed by atoms with Crippen LogP contribution in [0.15, 0.2) is 0 Å². The molecule has 4 amide bonds. The molecule has 0 unspecified atom stereocenters.